The molecule has 0 unspecified atom stereocenters. The van der Waals surface area contributed by atoms with E-state index in [1.807, 2.05) is 31.2 Å². The fourth-order valence-corrected chi connectivity index (χ4v) is 2.84. The number of nitrogens with one attached hydrogen (secondary N) is 2. The Morgan fingerprint density at radius 2 is 1.85 bits per heavy atom. The Morgan fingerprint density at radius 3 is 2.52 bits per heavy atom. The molecule has 2 rings (SSSR count). The van der Waals surface area contributed by atoms with E-state index in [4.69, 9.17) is 9.47 Å². The van der Waals surface area contributed by atoms with Crippen LogP contribution in [0.4, 0.5) is 5.69 Å². The summed E-state index contributed by atoms with van der Waals surface area (Å²) < 4.78 is 11.6. The van der Waals surface area contributed by atoms with Gasteiger partial charge in [-0.25, -0.2) is 0 Å². The first-order chi connectivity index (χ1) is 12.9. The van der Waals surface area contributed by atoms with Crippen LogP contribution in [-0.4, -0.2) is 32.6 Å². The van der Waals surface area contributed by atoms with Crippen LogP contribution in [0.3, 0.4) is 0 Å². The van der Waals surface area contributed by atoms with Crippen molar-refractivity contribution in [1.82, 2.24) is 5.32 Å². The van der Waals surface area contributed by atoms with E-state index in [1.54, 1.807) is 26.4 Å². The minimum Gasteiger partial charge on any atom is -0.493 e. The maximum Gasteiger partial charge on any atom is 0.243 e. The van der Waals surface area contributed by atoms with E-state index in [0.29, 0.717) is 23.6 Å². The predicted molar refractivity (Wildman–Crippen MR) is 108 cm³/mol. The Balaban J connectivity index is 1.82. The Bertz CT molecular complexity index is 824. The van der Waals surface area contributed by atoms with Crippen molar-refractivity contribution in [2.24, 2.45) is 0 Å². The van der Waals surface area contributed by atoms with Crippen LogP contribution in [0.1, 0.15) is 17.5 Å². The van der Waals surface area contributed by atoms with Crippen LogP contribution in [0.25, 0.3) is 0 Å². The van der Waals surface area contributed by atoms with Crippen molar-refractivity contribution in [3.63, 3.8) is 0 Å². The molecule has 2 aromatic carbocycles. The van der Waals surface area contributed by atoms with Gasteiger partial charge < -0.3 is 20.1 Å². The molecular formula is C20H23BrN2O4. The minimum absolute atomic E-state index is 0.0802. The van der Waals surface area contributed by atoms with Crippen molar-refractivity contribution in [2.75, 3.05) is 26.1 Å². The van der Waals surface area contributed by atoms with Crippen molar-refractivity contribution < 1.29 is 19.1 Å². The number of anilines is 1. The molecule has 0 aromatic heterocycles. The number of amides is 2. The molecule has 6 nitrogen and oxygen atoms in total. The Morgan fingerprint density at radius 1 is 1.07 bits per heavy atom. The predicted octanol–water partition coefficient (Wildman–Crippen LogP) is 3.46. The number of ether oxygens (including phenoxy) is 2. The minimum atomic E-state index is -0.274. The SMILES string of the molecule is COc1cccc(CCC(=O)NCC(=O)Nc2ccc(Br)c(C)c2)c1OC. The molecule has 2 N–H and O–H groups in total. The van der Waals surface area contributed by atoms with Crippen LogP contribution in [0.15, 0.2) is 40.9 Å². The van der Waals surface area contributed by atoms with Crippen molar-refractivity contribution in [1.29, 1.82) is 0 Å². The van der Waals surface area contributed by atoms with Crippen molar-refractivity contribution in [2.45, 2.75) is 19.8 Å². The number of carbonyl (C=O) groups excluding carboxylic acids is 2. The van der Waals surface area contributed by atoms with Gasteiger partial charge in [-0.1, -0.05) is 28.1 Å². The van der Waals surface area contributed by atoms with Crippen LogP contribution in [0, 0.1) is 6.92 Å². The second-order valence-electron chi connectivity index (χ2n) is 5.94. The fraction of sp³-hybridized carbons (Fsp3) is 0.300. The molecule has 0 fully saturated rings. The highest BCUT2D eigenvalue weighted by atomic mass is 79.9. The highest BCUT2D eigenvalue weighted by molar-refractivity contribution is 9.10. The number of hydrogen-bond acceptors (Lipinski definition) is 4. The van der Waals surface area contributed by atoms with Gasteiger partial charge in [-0.3, -0.25) is 9.59 Å². The normalized spacial score (nSPS) is 10.2. The lowest BCUT2D eigenvalue weighted by Crippen LogP contribution is -2.33. The van der Waals surface area contributed by atoms with Gasteiger partial charge in [0.15, 0.2) is 11.5 Å². The number of rotatable bonds is 8. The molecule has 0 aliphatic heterocycles. The molecule has 2 aromatic rings. The summed E-state index contributed by atoms with van der Waals surface area (Å²) in [5, 5.41) is 5.39. The average molecular weight is 435 g/mol. The standard InChI is InChI=1S/C20H23BrN2O4/c1-13-11-15(8-9-16(13)21)23-19(25)12-22-18(24)10-7-14-5-4-6-17(26-2)20(14)27-3/h4-6,8-9,11H,7,10,12H2,1-3H3,(H,22,24)(H,23,25). The summed E-state index contributed by atoms with van der Waals surface area (Å²) in [6.45, 7) is 1.86. The third-order valence-electron chi connectivity index (χ3n) is 3.99. The molecule has 2 amide bonds. The highest BCUT2D eigenvalue weighted by Gasteiger charge is 2.12. The van der Waals surface area contributed by atoms with E-state index < -0.39 is 0 Å². The molecule has 0 saturated heterocycles. The molecule has 0 radical (unpaired) electrons. The van der Waals surface area contributed by atoms with Gasteiger partial charge in [-0.05, 0) is 48.7 Å². The van der Waals surface area contributed by atoms with Gasteiger partial charge in [0, 0.05) is 16.6 Å². The van der Waals surface area contributed by atoms with Crippen molar-refractivity contribution >= 4 is 33.4 Å². The van der Waals surface area contributed by atoms with Crippen LogP contribution >= 0.6 is 15.9 Å². The lowest BCUT2D eigenvalue weighted by molar-refractivity contribution is -0.124. The number of aryl methyl sites for hydroxylation is 2. The number of methoxy groups -OCH3 is 2. The van der Waals surface area contributed by atoms with E-state index in [2.05, 4.69) is 26.6 Å². The van der Waals surface area contributed by atoms with Crippen LogP contribution in [0.2, 0.25) is 0 Å². The first-order valence-corrected chi connectivity index (χ1v) is 9.26. The Hall–Kier alpha value is -2.54. The zero-order chi connectivity index (χ0) is 19.8. The zero-order valence-corrected chi connectivity index (χ0v) is 17.2. The van der Waals surface area contributed by atoms with Crippen LogP contribution in [-0.2, 0) is 16.0 Å². The third-order valence-corrected chi connectivity index (χ3v) is 4.88. The first-order valence-electron chi connectivity index (χ1n) is 8.47. The monoisotopic (exact) mass is 434 g/mol. The van der Waals surface area contributed by atoms with Gasteiger partial charge in [0.2, 0.25) is 11.8 Å². The van der Waals surface area contributed by atoms with Gasteiger partial charge in [-0.2, -0.15) is 0 Å². The molecule has 0 aliphatic carbocycles. The van der Waals surface area contributed by atoms with E-state index >= 15 is 0 Å². The maximum atomic E-state index is 12.1. The summed E-state index contributed by atoms with van der Waals surface area (Å²) in [6, 6.07) is 11.1. The lowest BCUT2D eigenvalue weighted by Gasteiger charge is -2.12. The number of hydrogen-bond donors (Lipinski definition) is 2. The van der Waals surface area contributed by atoms with Gasteiger partial charge >= 0.3 is 0 Å². The first kappa shape index (κ1) is 20.8. The molecule has 0 atom stereocenters. The highest BCUT2D eigenvalue weighted by Crippen LogP contribution is 2.31. The van der Waals surface area contributed by atoms with Gasteiger partial charge in [0.25, 0.3) is 0 Å². The van der Waals surface area contributed by atoms with Gasteiger partial charge in [0.05, 0.1) is 20.8 Å². The summed E-state index contributed by atoms with van der Waals surface area (Å²) in [4.78, 5) is 24.1. The number of para-hydroxylation sites is 1. The maximum absolute atomic E-state index is 12.1. The molecular weight excluding hydrogens is 412 g/mol. The molecule has 0 saturated carbocycles. The van der Waals surface area contributed by atoms with E-state index in [1.165, 1.54) is 0 Å². The zero-order valence-electron chi connectivity index (χ0n) is 15.6. The van der Waals surface area contributed by atoms with Crippen LogP contribution < -0.4 is 20.1 Å². The Labute approximate surface area is 167 Å². The summed E-state index contributed by atoms with van der Waals surface area (Å²) in [5.74, 6) is 0.766. The smallest absolute Gasteiger partial charge is 0.243 e. The second kappa shape index (κ2) is 9.97. The molecule has 144 valence electrons. The third kappa shape index (κ3) is 5.99. The van der Waals surface area contributed by atoms with E-state index in [0.717, 1.165) is 15.6 Å². The summed E-state index contributed by atoms with van der Waals surface area (Å²) in [6.07, 6.45) is 0.730. The molecule has 0 aliphatic rings. The van der Waals surface area contributed by atoms with Crippen molar-refractivity contribution in [3.8, 4) is 11.5 Å². The second-order valence-corrected chi connectivity index (χ2v) is 6.80. The van der Waals surface area contributed by atoms with Gasteiger partial charge in [0.1, 0.15) is 0 Å². The molecule has 0 spiro atoms. The molecule has 27 heavy (non-hydrogen) atoms. The average Bonchev–Trinajstić information content (AvgIpc) is 2.67. The quantitative estimate of drug-likeness (QED) is 0.666. The number of carbonyl (C=O) groups is 2. The summed E-state index contributed by atoms with van der Waals surface area (Å²) in [5.41, 5.74) is 2.59. The molecule has 7 heteroatoms. The Kier molecular flexibility index (Phi) is 7.67. The number of halogens is 1. The summed E-state index contributed by atoms with van der Waals surface area (Å²) >= 11 is 3.41. The van der Waals surface area contributed by atoms with Crippen LogP contribution in [0.5, 0.6) is 11.5 Å². The van der Waals surface area contributed by atoms with E-state index in [-0.39, 0.29) is 24.8 Å². The van der Waals surface area contributed by atoms with Crippen molar-refractivity contribution in [3.05, 3.63) is 52.0 Å². The summed E-state index contributed by atoms with van der Waals surface area (Å²) in [7, 11) is 3.13. The molecule has 0 heterocycles. The number of benzene rings is 2. The van der Waals surface area contributed by atoms with E-state index in [9.17, 15) is 9.59 Å². The molecule has 0 bridgehead atoms. The largest absolute Gasteiger partial charge is 0.493 e. The fourth-order valence-electron chi connectivity index (χ4n) is 2.59. The lowest BCUT2D eigenvalue weighted by atomic mass is 10.1. The topological polar surface area (TPSA) is 76.7 Å². The van der Waals surface area contributed by atoms with Gasteiger partial charge in [-0.15, -0.1) is 0 Å².